The van der Waals surface area contributed by atoms with Crippen LogP contribution >= 0.6 is 28.6 Å². The standard InChI is InChI=1S/C18H31P.C10H14.2ClH.Ru/c1-16(2,3)12-10-13(17(4,5)6)15(19)14(11-12)18(7,8)9;1-8(2)10-6-4-9(3)5-7-10;;;/h10-11H,19H2,1-9H3;4-8H,1-3H3;2*1H;/q;;;;+2/p-1. The molecule has 0 heterocycles. The number of benzene rings is 2. The Kier molecular flexibility index (Phi) is 13.3. The molecule has 0 nitrogen and oxygen atoms in total. The maximum atomic E-state index is 4.85. The van der Waals surface area contributed by atoms with Crippen LogP contribution in [0, 0.1) is 6.92 Å². The molecule has 0 aliphatic rings. The Morgan fingerprint density at radius 1 is 0.719 bits per heavy atom. The number of rotatable bonds is 1. The van der Waals surface area contributed by atoms with E-state index in [1.165, 1.54) is 33.1 Å². The van der Waals surface area contributed by atoms with Crippen LogP contribution in [0.1, 0.15) is 110 Å². The SMILES string of the molecule is CC(C)(C)c1cc(C(C)(C)C)c([PH3+])c(C(C)(C)C)c1.Cc1ccc(C(C)C)cc1.[Cl][Ru][Cl]. The third kappa shape index (κ3) is 11.0. The van der Waals surface area contributed by atoms with Crippen molar-refractivity contribution in [1.82, 2.24) is 0 Å². The van der Waals surface area contributed by atoms with Crippen molar-refractivity contribution in [3.63, 3.8) is 0 Å². The molecule has 0 saturated carbocycles. The van der Waals surface area contributed by atoms with E-state index < -0.39 is 0 Å². The first kappa shape index (κ1) is 32.1. The summed E-state index contributed by atoms with van der Waals surface area (Å²) in [7, 11) is 11.8. The van der Waals surface area contributed by atoms with Crippen molar-refractivity contribution in [3.8, 4) is 0 Å². The second kappa shape index (κ2) is 13.2. The summed E-state index contributed by atoms with van der Waals surface area (Å²) in [5, 5.41) is 1.49. The van der Waals surface area contributed by atoms with E-state index in [0.29, 0.717) is 5.92 Å². The van der Waals surface area contributed by atoms with Gasteiger partial charge in [-0.2, -0.15) is 0 Å². The van der Waals surface area contributed by atoms with Crippen LogP contribution in [0.25, 0.3) is 0 Å². The van der Waals surface area contributed by atoms with E-state index in [-0.39, 0.29) is 31.4 Å². The molecule has 0 spiro atoms. The van der Waals surface area contributed by atoms with Crippen LogP contribution in [0.2, 0.25) is 0 Å². The van der Waals surface area contributed by atoms with Crippen LogP contribution in [0.3, 0.4) is 0 Å². The number of aryl methyl sites for hydroxylation is 1. The van der Waals surface area contributed by atoms with E-state index in [1.807, 2.05) is 0 Å². The normalized spacial score (nSPS) is 12.2. The van der Waals surface area contributed by atoms with Crippen molar-refractivity contribution in [1.29, 1.82) is 0 Å². The molecule has 2 rings (SSSR count). The summed E-state index contributed by atoms with van der Waals surface area (Å²) in [4.78, 5) is 0. The Balaban J connectivity index is 0.000000615. The quantitative estimate of drug-likeness (QED) is 0.231. The Morgan fingerprint density at radius 2 is 1.06 bits per heavy atom. The summed E-state index contributed by atoms with van der Waals surface area (Å²) in [6, 6.07) is 13.6. The summed E-state index contributed by atoms with van der Waals surface area (Å²) < 4.78 is 0. The Labute approximate surface area is 217 Å². The van der Waals surface area contributed by atoms with E-state index in [2.05, 4.69) is 129 Å². The molecule has 184 valence electrons. The molecule has 1 unspecified atom stereocenters. The van der Waals surface area contributed by atoms with Crippen molar-refractivity contribution in [2.75, 3.05) is 0 Å². The minimum absolute atomic E-state index is 0.205. The Hall–Kier alpha value is 0.0734. The Morgan fingerprint density at radius 3 is 1.31 bits per heavy atom. The molecule has 0 amide bonds. The molecular weight excluding hydrogens is 539 g/mol. The maximum absolute atomic E-state index is 4.85. The third-order valence-corrected chi connectivity index (χ3v) is 6.24. The van der Waals surface area contributed by atoms with E-state index in [0.717, 1.165) is 0 Å². The van der Waals surface area contributed by atoms with Gasteiger partial charge in [-0.3, -0.25) is 0 Å². The predicted octanol–water partition coefficient (Wildman–Crippen LogP) is 9.31. The van der Waals surface area contributed by atoms with Crippen molar-refractivity contribution >= 4 is 33.9 Å². The topological polar surface area (TPSA) is 0 Å². The van der Waals surface area contributed by atoms with Gasteiger partial charge in [-0.25, -0.2) is 0 Å². The van der Waals surface area contributed by atoms with Crippen LogP contribution in [0.5, 0.6) is 0 Å². The monoisotopic (exact) mass is 585 g/mol. The molecule has 4 heteroatoms. The van der Waals surface area contributed by atoms with Gasteiger partial charge in [0.25, 0.3) is 0 Å². The summed E-state index contributed by atoms with van der Waals surface area (Å²) >= 11 is -0.346. The van der Waals surface area contributed by atoms with Crippen LogP contribution in [-0.4, -0.2) is 0 Å². The van der Waals surface area contributed by atoms with Gasteiger partial charge in [0.1, 0.15) is 0 Å². The molecule has 0 aliphatic carbocycles. The number of halogens is 2. The average Bonchev–Trinajstić information content (AvgIpc) is 2.60. The molecule has 0 aromatic heterocycles. The first-order valence-corrected chi connectivity index (χ1v) is 16.5. The van der Waals surface area contributed by atoms with Crippen molar-refractivity contribution < 1.29 is 15.1 Å². The number of hydrogen-bond acceptors (Lipinski definition) is 0. The van der Waals surface area contributed by atoms with Gasteiger partial charge in [0.2, 0.25) is 0 Å². The predicted molar refractivity (Wildman–Crippen MR) is 150 cm³/mol. The average molecular weight is 586 g/mol. The van der Waals surface area contributed by atoms with E-state index >= 15 is 0 Å². The first-order chi connectivity index (χ1) is 14.4. The van der Waals surface area contributed by atoms with Crippen molar-refractivity contribution in [2.24, 2.45) is 0 Å². The molecule has 0 aliphatic heterocycles. The summed E-state index contributed by atoms with van der Waals surface area (Å²) in [5.74, 6) is 0.653. The van der Waals surface area contributed by atoms with Gasteiger partial charge >= 0.3 is 34.5 Å². The van der Waals surface area contributed by atoms with E-state index in [4.69, 9.17) is 19.4 Å². The van der Waals surface area contributed by atoms with Crippen LogP contribution < -0.4 is 5.30 Å². The second-order valence-corrected chi connectivity index (χ2v) is 15.3. The minimum atomic E-state index is -0.346. The van der Waals surface area contributed by atoms with E-state index in [9.17, 15) is 0 Å². The molecule has 0 radical (unpaired) electrons. The van der Waals surface area contributed by atoms with Gasteiger partial charge < -0.3 is 0 Å². The molecule has 0 N–H and O–H groups in total. The summed E-state index contributed by atoms with van der Waals surface area (Å²) in [6.07, 6.45) is 0. The van der Waals surface area contributed by atoms with Crippen molar-refractivity contribution in [2.45, 2.75) is 105 Å². The molecule has 0 bridgehead atoms. The second-order valence-electron chi connectivity index (χ2n) is 11.9. The zero-order chi connectivity index (χ0) is 25.5. The summed E-state index contributed by atoms with van der Waals surface area (Å²) in [6.45, 7) is 27.4. The Bertz CT molecular complexity index is 785. The molecule has 32 heavy (non-hydrogen) atoms. The van der Waals surface area contributed by atoms with Gasteiger partial charge in [-0.1, -0.05) is 118 Å². The zero-order valence-corrected chi connectivity index (χ0v) is 27.0. The first-order valence-electron chi connectivity index (χ1n) is 11.3. The molecule has 1 atom stereocenters. The fourth-order valence-electron chi connectivity index (χ4n) is 3.39. The number of hydrogen-bond donors (Lipinski definition) is 0. The third-order valence-electron chi connectivity index (χ3n) is 5.48. The van der Waals surface area contributed by atoms with Gasteiger partial charge in [-0.05, 0) is 51.3 Å². The molecule has 0 saturated heterocycles. The van der Waals surface area contributed by atoms with Gasteiger partial charge in [0.15, 0.2) is 0 Å². The molecule has 0 fully saturated rings. The fourth-order valence-corrected chi connectivity index (χ4v) is 4.66. The van der Waals surface area contributed by atoms with Crippen LogP contribution in [0.15, 0.2) is 36.4 Å². The van der Waals surface area contributed by atoms with Crippen LogP contribution in [-0.2, 0) is 31.4 Å². The molecular formula is C28H46Cl2PRu+. The van der Waals surface area contributed by atoms with Crippen LogP contribution in [0.4, 0.5) is 0 Å². The van der Waals surface area contributed by atoms with Gasteiger partial charge in [-0.15, -0.1) is 0 Å². The van der Waals surface area contributed by atoms with E-state index in [1.54, 1.807) is 0 Å². The molecule has 2 aromatic carbocycles. The van der Waals surface area contributed by atoms with Crippen molar-refractivity contribution in [3.05, 3.63) is 64.2 Å². The van der Waals surface area contributed by atoms with Gasteiger partial charge in [0, 0.05) is 9.24 Å². The van der Waals surface area contributed by atoms with Gasteiger partial charge in [0.05, 0.1) is 5.30 Å². The fraction of sp³-hybridized carbons (Fsp3) is 0.571. The zero-order valence-electron chi connectivity index (χ0n) is 22.4. The molecule has 2 aromatic rings. The summed E-state index contributed by atoms with van der Waals surface area (Å²) in [5.41, 5.74) is 7.84.